The van der Waals surface area contributed by atoms with E-state index >= 15 is 0 Å². The van der Waals surface area contributed by atoms with Gasteiger partial charge in [0.1, 0.15) is 0 Å². The molecule has 2 heterocycles. The molecule has 0 bridgehead atoms. The number of anilines is 1. The molecule has 1 aromatic rings. The largest absolute Gasteiger partial charge is 0.481 e. The Kier molecular flexibility index (Phi) is 2.15. The number of carboxylic acids is 1. The van der Waals surface area contributed by atoms with E-state index in [1.807, 2.05) is 11.8 Å². The van der Waals surface area contributed by atoms with E-state index in [9.17, 15) is 4.79 Å². The Morgan fingerprint density at radius 3 is 3.07 bits per heavy atom. The van der Waals surface area contributed by atoms with Crippen LogP contribution in [0.15, 0.2) is 12.4 Å². The zero-order valence-electron chi connectivity index (χ0n) is 7.97. The van der Waals surface area contributed by atoms with Gasteiger partial charge < -0.3 is 15.0 Å². The number of aromatic amines is 1. The summed E-state index contributed by atoms with van der Waals surface area (Å²) in [6, 6.07) is 0.0126. The Morgan fingerprint density at radius 1 is 1.79 bits per heavy atom. The Labute approximate surface area is 81.8 Å². The standard InChI is InChI=1S/C9H13N3O2/c1-6-7(8(13)14)2-5-12(6)9-10-3-4-11-9/h3-4,6-7H,2,5H2,1H3,(H,10,11)(H,13,14)/t6-,7+/m1/s1. The maximum atomic E-state index is 10.9. The highest BCUT2D eigenvalue weighted by Gasteiger charge is 2.36. The number of imidazole rings is 1. The number of carbonyl (C=O) groups is 1. The number of aliphatic carboxylic acids is 1. The number of carboxylic acid groups (broad SMARTS) is 1. The highest BCUT2D eigenvalue weighted by molar-refractivity contribution is 5.72. The summed E-state index contributed by atoms with van der Waals surface area (Å²) in [6.07, 6.45) is 4.11. The fourth-order valence-corrected chi connectivity index (χ4v) is 1.98. The topological polar surface area (TPSA) is 69.2 Å². The molecule has 0 unspecified atom stereocenters. The van der Waals surface area contributed by atoms with Crippen LogP contribution in [0.25, 0.3) is 0 Å². The number of nitrogens with one attached hydrogen (secondary N) is 1. The van der Waals surface area contributed by atoms with Gasteiger partial charge in [0.2, 0.25) is 5.95 Å². The zero-order chi connectivity index (χ0) is 10.1. The van der Waals surface area contributed by atoms with Crippen LogP contribution < -0.4 is 4.90 Å². The van der Waals surface area contributed by atoms with Crippen molar-refractivity contribution < 1.29 is 9.90 Å². The molecule has 5 heteroatoms. The van der Waals surface area contributed by atoms with Gasteiger partial charge in [0, 0.05) is 25.0 Å². The molecule has 1 fully saturated rings. The lowest BCUT2D eigenvalue weighted by Crippen LogP contribution is -2.33. The molecule has 14 heavy (non-hydrogen) atoms. The molecule has 0 aliphatic carbocycles. The van der Waals surface area contributed by atoms with E-state index in [1.54, 1.807) is 12.4 Å². The van der Waals surface area contributed by atoms with E-state index in [0.717, 1.165) is 12.5 Å². The molecule has 0 saturated carbocycles. The van der Waals surface area contributed by atoms with Gasteiger partial charge in [-0.3, -0.25) is 4.79 Å². The smallest absolute Gasteiger partial charge is 0.308 e. The van der Waals surface area contributed by atoms with Gasteiger partial charge in [-0.25, -0.2) is 4.98 Å². The Bertz CT molecular complexity index is 323. The molecular formula is C9H13N3O2. The lowest BCUT2D eigenvalue weighted by molar-refractivity contribution is -0.141. The minimum atomic E-state index is -0.716. The highest BCUT2D eigenvalue weighted by Crippen LogP contribution is 2.27. The van der Waals surface area contributed by atoms with Crippen molar-refractivity contribution in [3.05, 3.63) is 12.4 Å². The van der Waals surface area contributed by atoms with Gasteiger partial charge in [0.05, 0.1) is 5.92 Å². The van der Waals surface area contributed by atoms with Crippen molar-refractivity contribution in [2.75, 3.05) is 11.4 Å². The average molecular weight is 195 g/mol. The van der Waals surface area contributed by atoms with Crippen molar-refractivity contribution in [3.8, 4) is 0 Å². The minimum absolute atomic E-state index is 0.0126. The number of rotatable bonds is 2. The Morgan fingerprint density at radius 2 is 2.57 bits per heavy atom. The first-order valence-electron chi connectivity index (χ1n) is 4.69. The predicted octanol–water partition coefficient (Wildman–Crippen LogP) is 0.709. The first kappa shape index (κ1) is 9.05. The summed E-state index contributed by atoms with van der Waals surface area (Å²) in [5.74, 6) is -0.229. The van der Waals surface area contributed by atoms with Crippen molar-refractivity contribution in [1.29, 1.82) is 0 Å². The number of hydrogen-bond donors (Lipinski definition) is 2. The second-order valence-corrected chi connectivity index (χ2v) is 3.58. The SMILES string of the molecule is C[C@@H]1[C@@H](C(=O)O)CCN1c1ncc[nH]1. The number of H-pyrrole nitrogens is 1. The molecule has 2 rings (SSSR count). The van der Waals surface area contributed by atoms with Crippen LogP contribution in [0.1, 0.15) is 13.3 Å². The summed E-state index contributed by atoms with van der Waals surface area (Å²) in [4.78, 5) is 20.0. The maximum Gasteiger partial charge on any atom is 0.308 e. The minimum Gasteiger partial charge on any atom is -0.481 e. The first-order valence-corrected chi connectivity index (χ1v) is 4.69. The van der Waals surface area contributed by atoms with E-state index in [1.165, 1.54) is 0 Å². The molecule has 76 valence electrons. The fourth-order valence-electron chi connectivity index (χ4n) is 1.98. The van der Waals surface area contributed by atoms with E-state index in [-0.39, 0.29) is 12.0 Å². The first-order chi connectivity index (χ1) is 6.70. The molecule has 1 aliphatic heterocycles. The van der Waals surface area contributed by atoms with Crippen molar-refractivity contribution in [3.63, 3.8) is 0 Å². The maximum absolute atomic E-state index is 10.9. The van der Waals surface area contributed by atoms with Gasteiger partial charge in [0.15, 0.2) is 0 Å². The summed E-state index contributed by atoms with van der Waals surface area (Å²) in [6.45, 7) is 2.68. The summed E-state index contributed by atoms with van der Waals surface area (Å²) in [5, 5.41) is 8.94. The molecule has 1 saturated heterocycles. The normalized spacial score (nSPS) is 26.8. The van der Waals surface area contributed by atoms with Crippen molar-refractivity contribution >= 4 is 11.9 Å². The van der Waals surface area contributed by atoms with Gasteiger partial charge >= 0.3 is 5.97 Å². The van der Waals surface area contributed by atoms with Crippen LogP contribution in [0, 0.1) is 5.92 Å². The van der Waals surface area contributed by atoms with Crippen molar-refractivity contribution in [1.82, 2.24) is 9.97 Å². The van der Waals surface area contributed by atoms with Gasteiger partial charge in [-0.2, -0.15) is 0 Å². The van der Waals surface area contributed by atoms with E-state index in [2.05, 4.69) is 9.97 Å². The molecule has 1 aromatic heterocycles. The summed E-state index contributed by atoms with van der Waals surface area (Å²) in [7, 11) is 0. The van der Waals surface area contributed by atoms with Gasteiger partial charge in [0.25, 0.3) is 0 Å². The third-order valence-corrected chi connectivity index (χ3v) is 2.83. The van der Waals surface area contributed by atoms with Gasteiger partial charge in [-0.15, -0.1) is 0 Å². The van der Waals surface area contributed by atoms with Crippen LogP contribution in [-0.2, 0) is 4.79 Å². The molecule has 0 spiro atoms. The van der Waals surface area contributed by atoms with E-state index < -0.39 is 5.97 Å². The van der Waals surface area contributed by atoms with Gasteiger partial charge in [-0.05, 0) is 13.3 Å². The molecule has 0 amide bonds. The van der Waals surface area contributed by atoms with E-state index in [0.29, 0.717) is 6.42 Å². The second kappa shape index (κ2) is 3.32. The average Bonchev–Trinajstić information content (AvgIpc) is 2.71. The lowest BCUT2D eigenvalue weighted by atomic mass is 10.0. The third-order valence-electron chi connectivity index (χ3n) is 2.83. The van der Waals surface area contributed by atoms with Crippen LogP contribution in [0.5, 0.6) is 0 Å². The molecule has 5 nitrogen and oxygen atoms in total. The number of hydrogen-bond acceptors (Lipinski definition) is 3. The molecule has 2 atom stereocenters. The summed E-state index contributed by atoms with van der Waals surface area (Å²) < 4.78 is 0. The molecule has 1 aliphatic rings. The Balaban J connectivity index is 2.15. The monoisotopic (exact) mass is 195 g/mol. The highest BCUT2D eigenvalue weighted by atomic mass is 16.4. The van der Waals surface area contributed by atoms with Crippen molar-refractivity contribution in [2.45, 2.75) is 19.4 Å². The summed E-state index contributed by atoms with van der Waals surface area (Å²) >= 11 is 0. The van der Waals surface area contributed by atoms with Crippen LogP contribution in [0.3, 0.4) is 0 Å². The van der Waals surface area contributed by atoms with Crippen LogP contribution in [0.2, 0.25) is 0 Å². The quantitative estimate of drug-likeness (QED) is 0.729. The number of nitrogens with zero attached hydrogens (tertiary/aromatic N) is 2. The molecular weight excluding hydrogens is 182 g/mol. The fraction of sp³-hybridized carbons (Fsp3) is 0.556. The van der Waals surface area contributed by atoms with Crippen molar-refractivity contribution in [2.24, 2.45) is 5.92 Å². The molecule has 0 aromatic carbocycles. The summed E-state index contributed by atoms with van der Waals surface area (Å²) in [5.41, 5.74) is 0. The zero-order valence-corrected chi connectivity index (χ0v) is 7.97. The second-order valence-electron chi connectivity index (χ2n) is 3.58. The Hall–Kier alpha value is -1.52. The van der Waals surface area contributed by atoms with Crippen LogP contribution in [0.4, 0.5) is 5.95 Å². The van der Waals surface area contributed by atoms with E-state index in [4.69, 9.17) is 5.11 Å². The van der Waals surface area contributed by atoms with Crippen LogP contribution in [-0.4, -0.2) is 33.6 Å². The number of aromatic nitrogens is 2. The molecule has 2 N–H and O–H groups in total. The molecule has 0 radical (unpaired) electrons. The predicted molar refractivity (Wildman–Crippen MR) is 51.1 cm³/mol. The van der Waals surface area contributed by atoms with Crippen LogP contribution >= 0.6 is 0 Å². The third kappa shape index (κ3) is 1.34. The lowest BCUT2D eigenvalue weighted by Gasteiger charge is -2.22. The van der Waals surface area contributed by atoms with Gasteiger partial charge in [-0.1, -0.05) is 0 Å².